The van der Waals surface area contributed by atoms with Crippen molar-refractivity contribution in [1.82, 2.24) is 20.0 Å². The minimum absolute atomic E-state index is 0.150. The first-order valence-electron chi connectivity index (χ1n) is 9.80. The quantitative estimate of drug-likeness (QED) is 0.450. The lowest BCUT2D eigenvalue weighted by Gasteiger charge is -2.11. The number of carbonyl (C=O) groups is 1. The topological polar surface area (TPSA) is 106 Å². The Morgan fingerprint density at radius 2 is 1.94 bits per heavy atom. The van der Waals surface area contributed by atoms with Crippen molar-refractivity contribution in [1.29, 1.82) is 5.26 Å². The second-order valence-corrected chi connectivity index (χ2v) is 7.06. The molecule has 0 saturated heterocycles. The summed E-state index contributed by atoms with van der Waals surface area (Å²) in [6.07, 6.45) is -1.97. The maximum atomic E-state index is 13.3. The Morgan fingerprint density at radius 1 is 1.15 bits per heavy atom. The zero-order valence-corrected chi connectivity index (χ0v) is 17.5. The van der Waals surface area contributed by atoms with Gasteiger partial charge in [0.25, 0.3) is 5.91 Å². The van der Waals surface area contributed by atoms with Crippen molar-refractivity contribution in [3.05, 3.63) is 89.4 Å². The largest absolute Gasteiger partial charge is 0.438 e. The van der Waals surface area contributed by atoms with Crippen LogP contribution in [-0.4, -0.2) is 25.9 Å². The molecule has 1 N–H and O–H groups in total. The highest BCUT2D eigenvalue weighted by atomic mass is 19.4. The number of halogens is 3. The van der Waals surface area contributed by atoms with Crippen LogP contribution >= 0.6 is 0 Å². The minimum atomic E-state index is -4.59. The van der Waals surface area contributed by atoms with Crippen LogP contribution in [0.3, 0.4) is 0 Å². The van der Waals surface area contributed by atoms with Crippen LogP contribution in [0.15, 0.2) is 67.0 Å². The number of anilines is 1. The molecule has 0 saturated carbocycles. The number of para-hydroxylation sites is 1. The Bertz CT molecular complexity index is 1410. The number of hydrogen-bond acceptors (Lipinski definition) is 6. The predicted molar refractivity (Wildman–Crippen MR) is 115 cm³/mol. The molecule has 4 rings (SSSR count). The normalized spacial score (nSPS) is 11.0. The summed E-state index contributed by atoms with van der Waals surface area (Å²) in [4.78, 5) is 16.7. The summed E-state index contributed by atoms with van der Waals surface area (Å²) in [5, 5.41) is 19.2. The van der Waals surface area contributed by atoms with Gasteiger partial charge < -0.3 is 10.1 Å². The standard InChI is InChI=1S/C23H15F3N6O2/c1-14-11-16(34-22-15(12-27)5-4-10-28-22)8-9-18(14)29-21(33)19-13-32(31-30-19)20-7-3-2-6-17(20)23(24,25)26/h2-11,13H,1H3,(H,29,33). The van der Waals surface area contributed by atoms with Crippen molar-refractivity contribution in [3.63, 3.8) is 0 Å². The van der Waals surface area contributed by atoms with Gasteiger partial charge in [-0.15, -0.1) is 5.10 Å². The second-order valence-electron chi connectivity index (χ2n) is 7.06. The van der Waals surface area contributed by atoms with Crippen molar-refractivity contribution < 1.29 is 22.7 Å². The molecule has 0 aliphatic rings. The van der Waals surface area contributed by atoms with E-state index in [-0.39, 0.29) is 22.8 Å². The van der Waals surface area contributed by atoms with Gasteiger partial charge in [-0.2, -0.15) is 18.4 Å². The summed E-state index contributed by atoms with van der Waals surface area (Å²) in [6.45, 7) is 1.72. The van der Waals surface area contributed by atoms with Crippen molar-refractivity contribution >= 4 is 11.6 Å². The van der Waals surface area contributed by atoms with E-state index < -0.39 is 17.6 Å². The van der Waals surface area contributed by atoms with Gasteiger partial charge in [0.1, 0.15) is 17.4 Å². The molecule has 0 fully saturated rings. The molecule has 0 bridgehead atoms. The number of nitrogens with zero attached hydrogens (tertiary/aromatic N) is 5. The predicted octanol–water partition coefficient (Wildman–Crippen LogP) is 4.91. The van der Waals surface area contributed by atoms with Crippen molar-refractivity contribution in [2.45, 2.75) is 13.1 Å². The van der Waals surface area contributed by atoms with Crippen molar-refractivity contribution in [3.8, 4) is 23.4 Å². The number of aromatic nitrogens is 4. The molecule has 0 unspecified atom stereocenters. The first-order chi connectivity index (χ1) is 16.3. The van der Waals surface area contributed by atoms with Gasteiger partial charge in [0.15, 0.2) is 5.69 Å². The van der Waals surface area contributed by atoms with Crippen LogP contribution < -0.4 is 10.1 Å². The summed E-state index contributed by atoms with van der Waals surface area (Å²) in [5.41, 5.74) is 0.0343. The number of pyridine rings is 1. The third-order valence-corrected chi connectivity index (χ3v) is 4.73. The van der Waals surface area contributed by atoms with E-state index in [0.717, 1.165) is 16.9 Å². The highest BCUT2D eigenvalue weighted by Gasteiger charge is 2.34. The lowest BCUT2D eigenvalue weighted by atomic mass is 10.1. The molecule has 1 amide bonds. The van der Waals surface area contributed by atoms with E-state index in [1.165, 1.54) is 24.4 Å². The van der Waals surface area contributed by atoms with Gasteiger partial charge in [0, 0.05) is 11.9 Å². The number of amides is 1. The lowest BCUT2D eigenvalue weighted by molar-refractivity contribution is -0.137. The zero-order valence-electron chi connectivity index (χ0n) is 17.5. The van der Waals surface area contributed by atoms with E-state index in [2.05, 4.69) is 20.6 Å². The van der Waals surface area contributed by atoms with Crippen LogP contribution in [0, 0.1) is 18.3 Å². The van der Waals surface area contributed by atoms with Gasteiger partial charge in [0.2, 0.25) is 5.88 Å². The average Bonchev–Trinajstić information content (AvgIpc) is 3.31. The van der Waals surface area contributed by atoms with E-state index in [0.29, 0.717) is 17.0 Å². The van der Waals surface area contributed by atoms with Gasteiger partial charge in [0.05, 0.1) is 17.4 Å². The molecule has 0 aliphatic heterocycles. The fourth-order valence-electron chi connectivity index (χ4n) is 3.09. The Balaban J connectivity index is 1.51. The Hall–Kier alpha value is -4.72. The molecular weight excluding hydrogens is 449 g/mol. The molecule has 2 aromatic heterocycles. The first-order valence-corrected chi connectivity index (χ1v) is 9.80. The van der Waals surface area contributed by atoms with Gasteiger partial charge in [-0.05, 0) is 55.0 Å². The van der Waals surface area contributed by atoms with Crippen LogP contribution in [0.4, 0.5) is 18.9 Å². The number of alkyl halides is 3. The number of rotatable bonds is 5. The van der Waals surface area contributed by atoms with E-state index >= 15 is 0 Å². The van der Waals surface area contributed by atoms with Crippen LogP contribution in [0.2, 0.25) is 0 Å². The molecule has 8 nitrogen and oxygen atoms in total. The van der Waals surface area contributed by atoms with Crippen LogP contribution in [0.1, 0.15) is 27.2 Å². The molecule has 11 heteroatoms. The number of hydrogen-bond donors (Lipinski definition) is 1. The molecule has 0 aliphatic carbocycles. The highest BCUT2D eigenvalue weighted by Crippen LogP contribution is 2.33. The molecule has 34 heavy (non-hydrogen) atoms. The molecule has 4 aromatic rings. The van der Waals surface area contributed by atoms with Gasteiger partial charge in [-0.25, -0.2) is 9.67 Å². The van der Waals surface area contributed by atoms with Crippen LogP contribution in [-0.2, 0) is 6.18 Å². The maximum absolute atomic E-state index is 13.3. The van der Waals surface area contributed by atoms with Crippen molar-refractivity contribution in [2.24, 2.45) is 0 Å². The fourth-order valence-corrected chi connectivity index (χ4v) is 3.09. The SMILES string of the molecule is Cc1cc(Oc2ncccc2C#N)ccc1NC(=O)c1cn(-c2ccccc2C(F)(F)F)nn1. The number of carbonyl (C=O) groups excluding carboxylic acids is 1. The first kappa shape index (κ1) is 22.5. The third-order valence-electron chi connectivity index (χ3n) is 4.73. The molecule has 0 atom stereocenters. The third kappa shape index (κ3) is 4.71. The molecule has 0 radical (unpaired) electrons. The summed E-state index contributed by atoms with van der Waals surface area (Å²) in [7, 11) is 0. The number of nitrogens with one attached hydrogen (secondary N) is 1. The Kier molecular flexibility index (Phi) is 5.97. The zero-order chi connectivity index (χ0) is 24.3. The fraction of sp³-hybridized carbons (Fsp3) is 0.0870. The van der Waals surface area contributed by atoms with Crippen LogP contribution in [0.25, 0.3) is 5.69 Å². The van der Waals surface area contributed by atoms with E-state index in [1.54, 1.807) is 37.3 Å². The molecule has 0 spiro atoms. The van der Waals surface area contributed by atoms with E-state index in [1.807, 2.05) is 6.07 Å². The van der Waals surface area contributed by atoms with Gasteiger partial charge >= 0.3 is 6.18 Å². The lowest BCUT2D eigenvalue weighted by Crippen LogP contribution is -2.13. The molecule has 2 aromatic carbocycles. The molecule has 170 valence electrons. The van der Waals surface area contributed by atoms with E-state index in [4.69, 9.17) is 10.00 Å². The minimum Gasteiger partial charge on any atom is -0.438 e. The summed E-state index contributed by atoms with van der Waals surface area (Å²) >= 11 is 0. The average molecular weight is 464 g/mol. The number of benzene rings is 2. The molecular formula is C23H15F3N6O2. The Morgan fingerprint density at radius 3 is 2.68 bits per heavy atom. The van der Waals surface area contributed by atoms with Crippen molar-refractivity contribution in [2.75, 3.05) is 5.32 Å². The highest BCUT2D eigenvalue weighted by molar-refractivity contribution is 6.03. The Labute approximate surface area is 191 Å². The van der Waals surface area contributed by atoms with E-state index in [9.17, 15) is 18.0 Å². The molecule has 2 heterocycles. The summed E-state index contributed by atoms with van der Waals surface area (Å²) < 4.78 is 46.4. The van der Waals surface area contributed by atoms with Crippen LogP contribution in [0.5, 0.6) is 11.6 Å². The summed E-state index contributed by atoms with van der Waals surface area (Å²) in [6, 6.07) is 14.8. The smallest absolute Gasteiger partial charge is 0.418 e. The number of nitriles is 1. The second kappa shape index (κ2) is 9.03. The van der Waals surface area contributed by atoms with Gasteiger partial charge in [-0.1, -0.05) is 17.3 Å². The maximum Gasteiger partial charge on any atom is 0.418 e. The van der Waals surface area contributed by atoms with Gasteiger partial charge in [-0.3, -0.25) is 4.79 Å². The monoisotopic (exact) mass is 464 g/mol. The number of ether oxygens (including phenoxy) is 1. The summed E-state index contributed by atoms with van der Waals surface area (Å²) in [5.74, 6) is -0.0960. The number of aryl methyl sites for hydroxylation is 1.